The van der Waals surface area contributed by atoms with E-state index < -0.39 is 0 Å². The van der Waals surface area contributed by atoms with Gasteiger partial charge in [-0.3, -0.25) is 9.59 Å². The van der Waals surface area contributed by atoms with E-state index in [1.165, 1.54) is 0 Å². The van der Waals surface area contributed by atoms with Crippen LogP contribution in [-0.2, 0) is 17.9 Å². The van der Waals surface area contributed by atoms with Crippen LogP contribution >= 0.6 is 11.6 Å². The van der Waals surface area contributed by atoms with Crippen LogP contribution in [0.25, 0.3) is 0 Å². The molecule has 1 heterocycles. The van der Waals surface area contributed by atoms with E-state index in [0.29, 0.717) is 19.6 Å². The molecule has 0 aromatic heterocycles. The van der Waals surface area contributed by atoms with Gasteiger partial charge in [-0.2, -0.15) is 0 Å². The van der Waals surface area contributed by atoms with Gasteiger partial charge in [0.15, 0.2) is 0 Å². The second kappa shape index (κ2) is 5.40. The quantitative estimate of drug-likeness (QED) is 0.840. The number of halogens is 1. The highest BCUT2D eigenvalue weighted by Gasteiger charge is 2.25. The van der Waals surface area contributed by atoms with Gasteiger partial charge in [-0.05, 0) is 24.1 Å². The summed E-state index contributed by atoms with van der Waals surface area (Å²) >= 11 is 5.41. The van der Waals surface area contributed by atoms with Crippen LogP contribution in [0.5, 0.6) is 0 Å². The number of hydrogen-bond donors (Lipinski definition) is 1. The molecule has 4 nitrogen and oxygen atoms in total. The SMILES string of the molecule is CCN1Cc2cc(CNC(=O)CCl)ccc2C1=O. The maximum Gasteiger partial charge on any atom is 0.254 e. The van der Waals surface area contributed by atoms with Crippen molar-refractivity contribution in [2.45, 2.75) is 20.0 Å². The number of rotatable bonds is 4. The lowest BCUT2D eigenvalue weighted by atomic mass is 10.1. The first-order valence-electron chi connectivity index (χ1n) is 5.89. The van der Waals surface area contributed by atoms with E-state index in [1.54, 1.807) is 4.90 Å². The van der Waals surface area contributed by atoms with Gasteiger partial charge >= 0.3 is 0 Å². The smallest absolute Gasteiger partial charge is 0.254 e. The van der Waals surface area contributed by atoms with Crippen LogP contribution in [0.3, 0.4) is 0 Å². The summed E-state index contributed by atoms with van der Waals surface area (Å²) in [7, 11) is 0. The zero-order chi connectivity index (χ0) is 13.1. The van der Waals surface area contributed by atoms with Gasteiger partial charge in [0.25, 0.3) is 5.91 Å². The molecule has 0 unspecified atom stereocenters. The van der Waals surface area contributed by atoms with Gasteiger partial charge in [-0.1, -0.05) is 12.1 Å². The van der Waals surface area contributed by atoms with Gasteiger partial charge in [0.1, 0.15) is 5.88 Å². The summed E-state index contributed by atoms with van der Waals surface area (Å²) in [5, 5.41) is 2.71. The molecule has 1 N–H and O–H groups in total. The zero-order valence-corrected chi connectivity index (χ0v) is 11.0. The van der Waals surface area contributed by atoms with Crippen molar-refractivity contribution in [2.75, 3.05) is 12.4 Å². The number of nitrogens with one attached hydrogen (secondary N) is 1. The van der Waals surface area contributed by atoms with E-state index in [1.807, 2.05) is 25.1 Å². The number of alkyl halides is 1. The summed E-state index contributed by atoms with van der Waals surface area (Å²) in [4.78, 5) is 24.8. The van der Waals surface area contributed by atoms with E-state index in [0.717, 1.165) is 16.7 Å². The summed E-state index contributed by atoms with van der Waals surface area (Å²) in [5.74, 6) is -0.139. The highest BCUT2D eigenvalue weighted by atomic mass is 35.5. The van der Waals surface area contributed by atoms with E-state index in [-0.39, 0.29) is 17.7 Å². The third-order valence-electron chi connectivity index (χ3n) is 3.04. The maximum absolute atomic E-state index is 11.9. The highest BCUT2D eigenvalue weighted by molar-refractivity contribution is 6.27. The number of benzene rings is 1. The Balaban J connectivity index is 2.10. The second-order valence-electron chi connectivity index (χ2n) is 4.22. The van der Waals surface area contributed by atoms with E-state index >= 15 is 0 Å². The normalized spacial score (nSPS) is 13.7. The molecule has 1 aromatic carbocycles. The van der Waals surface area contributed by atoms with Crippen molar-refractivity contribution in [3.05, 3.63) is 34.9 Å². The fourth-order valence-electron chi connectivity index (χ4n) is 2.05. The van der Waals surface area contributed by atoms with Crippen LogP contribution < -0.4 is 5.32 Å². The van der Waals surface area contributed by atoms with Crippen LogP contribution in [0.2, 0.25) is 0 Å². The van der Waals surface area contributed by atoms with Crippen molar-refractivity contribution in [3.8, 4) is 0 Å². The third kappa shape index (κ3) is 2.48. The molecule has 5 heteroatoms. The Morgan fingerprint density at radius 2 is 2.28 bits per heavy atom. The van der Waals surface area contributed by atoms with Crippen LogP contribution in [0.1, 0.15) is 28.4 Å². The number of nitrogens with zero attached hydrogens (tertiary/aromatic N) is 1. The Bertz CT molecular complexity index is 488. The molecule has 1 aliphatic rings. The third-order valence-corrected chi connectivity index (χ3v) is 3.28. The summed E-state index contributed by atoms with van der Waals surface area (Å²) in [6, 6.07) is 5.66. The standard InChI is InChI=1S/C13H15ClN2O2/c1-2-16-8-10-5-9(7-15-12(17)6-14)3-4-11(10)13(16)18/h3-5H,2,6-8H2,1H3,(H,15,17). The highest BCUT2D eigenvalue weighted by Crippen LogP contribution is 2.23. The van der Waals surface area contributed by atoms with Crippen LogP contribution in [0, 0.1) is 0 Å². The molecule has 0 saturated carbocycles. The molecule has 0 bridgehead atoms. The summed E-state index contributed by atoms with van der Waals surface area (Å²) in [6.45, 7) is 3.78. The lowest BCUT2D eigenvalue weighted by Gasteiger charge is -2.10. The van der Waals surface area contributed by atoms with Crippen LogP contribution in [0.4, 0.5) is 0 Å². The van der Waals surface area contributed by atoms with E-state index in [4.69, 9.17) is 11.6 Å². The Kier molecular flexibility index (Phi) is 3.87. The Hall–Kier alpha value is -1.55. The van der Waals surface area contributed by atoms with Crippen molar-refractivity contribution in [3.63, 3.8) is 0 Å². The first kappa shape index (κ1) is 12.9. The molecule has 1 aliphatic heterocycles. The molecule has 0 atom stereocenters. The average Bonchev–Trinajstić information content (AvgIpc) is 2.72. The fraction of sp³-hybridized carbons (Fsp3) is 0.385. The fourth-order valence-corrected chi connectivity index (χ4v) is 2.14. The number of amides is 2. The minimum Gasteiger partial charge on any atom is -0.351 e. The molecule has 0 saturated heterocycles. The largest absolute Gasteiger partial charge is 0.351 e. The van der Waals surface area contributed by atoms with Crippen molar-refractivity contribution >= 4 is 23.4 Å². The zero-order valence-electron chi connectivity index (χ0n) is 10.2. The Labute approximate surface area is 111 Å². The molecule has 2 rings (SSSR count). The molecule has 0 radical (unpaired) electrons. The molecular weight excluding hydrogens is 252 g/mol. The van der Waals surface area contributed by atoms with Gasteiger partial charge in [0.2, 0.25) is 5.91 Å². The number of fused-ring (bicyclic) bond motifs is 1. The van der Waals surface area contributed by atoms with Crippen molar-refractivity contribution in [1.29, 1.82) is 0 Å². The monoisotopic (exact) mass is 266 g/mol. The topological polar surface area (TPSA) is 49.4 Å². The molecular formula is C13H15ClN2O2. The first-order valence-corrected chi connectivity index (χ1v) is 6.43. The van der Waals surface area contributed by atoms with Crippen molar-refractivity contribution in [2.24, 2.45) is 0 Å². The number of hydrogen-bond acceptors (Lipinski definition) is 2. The van der Waals surface area contributed by atoms with Crippen molar-refractivity contribution < 1.29 is 9.59 Å². The minimum atomic E-state index is -0.191. The molecule has 1 aromatic rings. The molecule has 18 heavy (non-hydrogen) atoms. The van der Waals surface area contributed by atoms with E-state index in [2.05, 4.69) is 5.32 Å². The minimum absolute atomic E-state index is 0.0347. The Morgan fingerprint density at radius 3 is 2.94 bits per heavy atom. The first-order chi connectivity index (χ1) is 8.65. The van der Waals surface area contributed by atoms with Gasteiger partial charge in [0.05, 0.1) is 0 Å². The van der Waals surface area contributed by atoms with Crippen LogP contribution in [-0.4, -0.2) is 29.1 Å². The predicted molar refractivity (Wildman–Crippen MR) is 69.4 cm³/mol. The molecule has 2 amide bonds. The lowest BCUT2D eigenvalue weighted by molar-refractivity contribution is -0.118. The molecule has 0 aliphatic carbocycles. The summed E-state index contributed by atoms with van der Waals surface area (Å²) in [5.41, 5.74) is 2.78. The predicted octanol–water partition coefficient (Wildman–Crippen LogP) is 1.52. The molecule has 0 fully saturated rings. The lowest BCUT2D eigenvalue weighted by Crippen LogP contribution is -2.23. The maximum atomic E-state index is 11.9. The van der Waals surface area contributed by atoms with Gasteiger partial charge in [-0.15, -0.1) is 11.6 Å². The Morgan fingerprint density at radius 1 is 1.50 bits per heavy atom. The number of carbonyl (C=O) groups excluding carboxylic acids is 2. The van der Waals surface area contributed by atoms with Crippen LogP contribution in [0.15, 0.2) is 18.2 Å². The number of carbonyl (C=O) groups is 2. The molecule has 0 spiro atoms. The summed E-state index contributed by atoms with van der Waals surface area (Å²) in [6.07, 6.45) is 0. The van der Waals surface area contributed by atoms with Gasteiger partial charge < -0.3 is 10.2 Å². The van der Waals surface area contributed by atoms with Crippen molar-refractivity contribution in [1.82, 2.24) is 10.2 Å². The average molecular weight is 267 g/mol. The summed E-state index contributed by atoms with van der Waals surface area (Å²) < 4.78 is 0. The second-order valence-corrected chi connectivity index (χ2v) is 4.49. The van der Waals surface area contributed by atoms with Gasteiger partial charge in [0, 0.05) is 25.2 Å². The van der Waals surface area contributed by atoms with E-state index in [9.17, 15) is 9.59 Å². The van der Waals surface area contributed by atoms with Gasteiger partial charge in [-0.25, -0.2) is 0 Å². The molecule has 96 valence electrons.